The number of hydrogen-bond donors (Lipinski definition) is 1. The third-order valence-corrected chi connectivity index (χ3v) is 3.78. The molecule has 0 saturated carbocycles. The van der Waals surface area contributed by atoms with E-state index >= 15 is 0 Å². The van der Waals surface area contributed by atoms with Crippen molar-refractivity contribution in [3.8, 4) is 17.2 Å². The predicted octanol–water partition coefficient (Wildman–Crippen LogP) is 3.96. The number of carbonyl (C=O) groups is 1. The normalized spacial score (nSPS) is 10.5. The van der Waals surface area contributed by atoms with Gasteiger partial charge in [0.15, 0.2) is 0 Å². The van der Waals surface area contributed by atoms with Crippen molar-refractivity contribution in [1.82, 2.24) is 10.2 Å². The third-order valence-electron chi connectivity index (χ3n) is 3.37. The number of amides is 1. The molecular weight excluding hydrogens is 330 g/mol. The van der Waals surface area contributed by atoms with Gasteiger partial charge in [0.1, 0.15) is 5.75 Å². The fourth-order valence-electron chi connectivity index (χ4n) is 2.12. The van der Waals surface area contributed by atoms with Crippen LogP contribution in [0.2, 0.25) is 5.02 Å². The number of aryl methyl sites for hydroxylation is 1. The number of anilines is 1. The Morgan fingerprint density at radius 3 is 2.67 bits per heavy atom. The Balaban J connectivity index is 1.84. The van der Waals surface area contributed by atoms with Crippen LogP contribution in [0.15, 0.2) is 46.9 Å². The van der Waals surface area contributed by atoms with Gasteiger partial charge >= 0.3 is 11.8 Å². The molecule has 0 unspecified atom stereocenters. The van der Waals surface area contributed by atoms with Gasteiger partial charge in [0.25, 0.3) is 0 Å². The van der Waals surface area contributed by atoms with Crippen LogP contribution in [0.5, 0.6) is 5.75 Å². The van der Waals surface area contributed by atoms with Gasteiger partial charge in [0.05, 0.1) is 12.8 Å². The maximum Gasteiger partial charge on any atom is 0.313 e. The number of nitrogens with zero attached hydrogens (tertiary/aromatic N) is 2. The van der Waals surface area contributed by atoms with Gasteiger partial charge in [0, 0.05) is 16.7 Å². The van der Waals surface area contributed by atoms with Gasteiger partial charge in [-0.2, -0.15) is 0 Å². The van der Waals surface area contributed by atoms with Crippen molar-refractivity contribution in [3.05, 3.63) is 58.9 Å². The summed E-state index contributed by atoms with van der Waals surface area (Å²) in [7, 11) is 1.50. The largest absolute Gasteiger partial charge is 0.495 e. The van der Waals surface area contributed by atoms with Crippen LogP contribution in [-0.4, -0.2) is 23.2 Å². The van der Waals surface area contributed by atoms with Gasteiger partial charge in [-0.3, -0.25) is 4.79 Å². The second-order valence-corrected chi connectivity index (χ2v) is 5.44. The standard InChI is InChI=1S/C17H14ClN3O3/c1-10-8-13(14(23-2)9-12(10)18)19-15(22)17-21-20-16(24-17)11-6-4-3-5-7-11/h3-9H,1-2H3,(H,19,22). The Morgan fingerprint density at radius 2 is 1.96 bits per heavy atom. The smallest absolute Gasteiger partial charge is 0.313 e. The first-order valence-corrected chi connectivity index (χ1v) is 7.50. The number of nitrogens with one attached hydrogen (secondary N) is 1. The Kier molecular flexibility index (Phi) is 4.48. The van der Waals surface area contributed by atoms with Gasteiger partial charge < -0.3 is 14.5 Å². The molecule has 0 saturated heterocycles. The van der Waals surface area contributed by atoms with E-state index in [1.54, 1.807) is 12.1 Å². The van der Waals surface area contributed by atoms with E-state index in [1.807, 2.05) is 37.3 Å². The highest BCUT2D eigenvalue weighted by Gasteiger charge is 2.18. The Hall–Kier alpha value is -2.86. The molecule has 0 aliphatic heterocycles. The maximum atomic E-state index is 12.3. The van der Waals surface area contributed by atoms with Crippen LogP contribution < -0.4 is 10.1 Å². The fourth-order valence-corrected chi connectivity index (χ4v) is 2.27. The Morgan fingerprint density at radius 1 is 1.21 bits per heavy atom. The minimum atomic E-state index is -0.523. The van der Waals surface area contributed by atoms with E-state index in [2.05, 4.69) is 15.5 Å². The predicted molar refractivity (Wildman–Crippen MR) is 90.4 cm³/mol. The number of rotatable bonds is 4. The summed E-state index contributed by atoms with van der Waals surface area (Å²) >= 11 is 6.06. The van der Waals surface area contributed by atoms with Crippen molar-refractivity contribution < 1.29 is 13.9 Å². The molecule has 3 rings (SSSR count). The number of ether oxygens (including phenoxy) is 1. The minimum absolute atomic E-state index is 0.136. The number of methoxy groups -OCH3 is 1. The SMILES string of the molecule is COc1cc(Cl)c(C)cc1NC(=O)c1nnc(-c2ccccc2)o1. The summed E-state index contributed by atoms with van der Waals surface area (Å²) < 4.78 is 10.7. The monoisotopic (exact) mass is 343 g/mol. The lowest BCUT2D eigenvalue weighted by molar-refractivity contribution is 0.0990. The summed E-state index contributed by atoms with van der Waals surface area (Å²) in [5.41, 5.74) is 2.02. The summed E-state index contributed by atoms with van der Waals surface area (Å²) in [5, 5.41) is 10.9. The quantitative estimate of drug-likeness (QED) is 0.775. The van der Waals surface area contributed by atoms with Gasteiger partial charge in [-0.25, -0.2) is 0 Å². The van der Waals surface area contributed by atoms with Gasteiger partial charge in [-0.05, 0) is 30.7 Å². The topological polar surface area (TPSA) is 77.2 Å². The van der Waals surface area contributed by atoms with Crippen molar-refractivity contribution >= 4 is 23.2 Å². The molecule has 6 nitrogen and oxygen atoms in total. The molecule has 0 atom stereocenters. The van der Waals surface area contributed by atoms with Crippen molar-refractivity contribution in [2.75, 3.05) is 12.4 Å². The highest BCUT2D eigenvalue weighted by atomic mass is 35.5. The fraction of sp³-hybridized carbons (Fsp3) is 0.118. The molecule has 3 aromatic rings. The summed E-state index contributed by atoms with van der Waals surface area (Å²) in [6, 6.07) is 12.6. The molecule has 1 amide bonds. The van der Waals surface area contributed by atoms with E-state index in [0.29, 0.717) is 16.5 Å². The van der Waals surface area contributed by atoms with E-state index < -0.39 is 5.91 Å². The summed E-state index contributed by atoms with van der Waals surface area (Å²) in [5.74, 6) is 0.0648. The maximum absolute atomic E-state index is 12.3. The van der Waals surface area contributed by atoms with Gasteiger partial charge in [0.2, 0.25) is 5.89 Å². The molecule has 0 radical (unpaired) electrons. The third kappa shape index (κ3) is 3.23. The molecule has 1 heterocycles. The first-order valence-electron chi connectivity index (χ1n) is 7.13. The molecule has 0 aliphatic rings. The first-order chi connectivity index (χ1) is 11.6. The lowest BCUT2D eigenvalue weighted by atomic mass is 10.2. The van der Waals surface area contributed by atoms with Crippen LogP contribution in [0.4, 0.5) is 5.69 Å². The molecule has 1 N–H and O–H groups in total. The first kappa shape index (κ1) is 16.0. The van der Waals surface area contributed by atoms with Crippen LogP contribution >= 0.6 is 11.6 Å². The summed E-state index contributed by atoms with van der Waals surface area (Å²) in [6.07, 6.45) is 0. The van der Waals surface area contributed by atoms with E-state index in [-0.39, 0.29) is 11.8 Å². The van der Waals surface area contributed by atoms with Crippen LogP contribution in [0.1, 0.15) is 16.2 Å². The second kappa shape index (κ2) is 6.72. The highest BCUT2D eigenvalue weighted by molar-refractivity contribution is 6.31. The van der Waals surface area contributed by atoms with E-state index in [1.165, 1.54) is 7.11 Å². The minimum Gasteiger partial charge on any atom is -0.495 e. The van der Waals surface area contributed by atoms with E-state index in [4.69, 9.17) is 20.8 Å². The molecule has 7 heteroatoms. The van der Waals surface area contributed by atoms with Crippen LogP contribution in [0.3, 0.4) is 0 Å². The molecule has 122 valence electrons. The van der Waals surface area contributed by atoms with Crippen molar-refractivity contribution in [3.63, 3.8) is 0 Å². The number of halogens is 1. The molecule has 1 aromatic heterocycles. The Bertz CT molecular complexity index is 878. The van der Waals surface area contributed by atoms with Gasteiger partial charge in [-0.15, -0.1) is 10.2 Å². The van der Waals surface area contributed by atoms with Crippen molar-refractivity contribution in [2.45, 2.75) is 6.92 Å². The Labute approximate surface area is 143 Å². The van der Waals surface area contributed by atoms with E-state index in [9.17, 15) is 4.79 Å². The van der Waals surface area contributed by atoms with Crippen LogP contribution in [-0.2, 0) is 0 Å². The van der Waals surface area contributed by atoms with Gasteiger partial charge in [-0.1, -0.05) is 29.8 Å². The molecule has 0 aliphatic carbocycles. The summed E-state index contributed by atoms with van der Waals surface area (Å²) in [6.45, 7) is 1.83. The number of benzene rings is 2. The average Bonchev–Trinajstić information content (AvgIpc) is 3.09. The van der Waals surface area contributed by atoms with Crippen molar-refractivity contribution in [1.29, 1.82) is 0 Å². The highest BCUT2D eigenvalue weighted by Crippen LogP contribution is 2.31. The molecule has 2 aromatic carbocycles. The van der Waals surface area contributed by atoms with Crippen LogP contribution in [0.25, 0.3) is 11.5 Å². The zero-order valence-electron chi connectivity index (χ0n) is 13.0. The molecule has 0 spiro atoms. The molecule has 0 bridgehead atoms. The lowest BCUT2D eigenvalue weighted by Gasteiger charge is -2.11. The van der Waals surface area contributed by atoms with Crippen LogP contribution in [0, 0.1) is 6.92 Å². The number of carbonyl (C=O) groups excluding carboxylic acids is 1. The zero-order valence-corrected chi connectivity index (χ0v) is 13.8. The second-order valence-electron chi connectivity index (χ2n) is 5.03. The lowest BCUT2D eigenvalue weighted by Crippen LogP contribution is -2.13. The van der Waals surface area contributed by atoms with Crippen molar-refractivity contribution in [2.24, 2.45) is 0 Å². The number of aromatic nitrogens is 2. The number of hydrogen-bond acceptors (Lipinski definition) is 5. The van der Waals surface area contributed by atoms with E-state index in [0.717, 1.165) is 11.1 Å². The summed E-state index contributed by atoms with van der Waals surface area (Å²) in [4.78, 5) is 12.3. The average molecular weight is 344 g/mol. The molecular formula is C17H14ClN3O3. The molecule has 24 heavy (non-hydrogen) atoms. The molecule has 0 fully saturated rings. The zero-order chi connectivity index (χ0) is 17.1.